The number of methoxy groups -OCH3 is 4. The summed E-state index contributed by atoms with van der Waals surface area (Å²) in [7, 11) is 5.74. The van der Waals surface area contributed by atoms with Crippen LogP contribution in [0.2, 0.25) is 0 Å². The van der Waals surface area contributed by atoms with Crippen molar-refractivity contribution in [2.24, 2.45) is 0 Å². The number of ether oxygens (including phenoxy) is 4. The van der Waals surface area contributed by atoms with E-state index >= 15 is 0 Å². The number of nitrogens with one attached hydrogen (secondary N) is 1. The molecular formula is C19H23NO6S. The zero-order valence-corrected chi connectivity index (χ0v) is 17.0. The van der Waals surface area contributed by atoms with E-state index in [0.29, 0.717) is 27.8 Å². The van der Waals surface area contributed by atoms with Crippen molar-refractivity contribution in [1.82, 2.24) is 0 Å². The van der Waals surface area contributed by atoms with Crippen LogP contribution in [0.3, 0.4) is 0 Å². The number of carbonyl (C=O) groups is 2. The standard InChI is InChI=1S/C19H23NO6S/c1-10(2)16-8-12(19(22)26-6)18(27-16)20-17(21)11-7-14(24-4)15(25-5)9-13(11)23-3/h7-10H,1-6H3,(H,20,21). The van der Waals surface area contributed by atoms with Gasteiger partial charge in [-0.3, -0.25) is 4.79 Å². The lowest BCUT2D eigenvalue weighted by Gasteiger charge is -2.14. The maximum absolute atomic E-state index is 12.9. The predicted octanol–water partition coefficient (Wildman–Crippen LogP) is 3.94. The predicted molar refractivity (Wildman–Crippen MR) is 104 cm³/mol. The molecule has 8 heteroatoms. The Balaban J connectivity index is 2.44. The minimum atomic E-state index is -0.507. The van der Waals surface area contributed by atoms with E-state index in [1.807, 2.05) is 13.8 Å². The second-order valence-corrected chi connectivity index (χ2v) is 6.98. The van der Waals surface area contributed by atoms with Crippen molar-refractivity contribution < 1.29 is 28.5 Å². The minimum Gasteiger partial charge on any atom is -0.496 e. The summed E-state index contributed by atoms with van der Waals surface area (Å²) in [4.78, 5) is 25.9. The van der Waals surface area contributed by atoms with Crippen LogP contribution in [-0.2, 0) is 4.74 Å². The van der Waals surface area contributed by atoms with Gasteiger partial charge in [-0.2, -0.15) is 0 Å². The van der Waals surface area contributed by atoms with Crippen molar-refractivity contribution in [1.29, 1.82) is 0 Å². The molecule has 0 saturated heterocycles. The third kappa shape index (κ3) is 4.33. The monoisotopic (exact) mass is 393 g/mol. The van der Waals surface area contributed by atoms with Gasteiger partial charge in [-0.15, -0.1) is 11.3 Å². The molecule has 0 aliphatic heterocycles. The third-order valence-electron chi connectivity index (χ3n) is 3.90. The average molecular weight is 393 g/mol. The number of thiophene rings is 1. The van der Waals surface area contributed by atoms with Crippen molar-refractivity contribution >= 4 is 28.2 Å². The van der Waals surface area contributed by atoms with Crippen LogP contribution in [0, 0.1) is 0 Å². The molecule has 0 radical (unpaired) electrons. The van der Waals surface area contributed by atoms with E-state index in [4.69, 9.17) is 18.9 Å². The molecule has 2 rings (SSSR count). The van der Waals surface area contributed by atoms with Gasteiger partial charge in [-0.05, 0) is 12.0 Å². The van der Waals surface area contributed by atoms with E-state index in [9.17, 15) is 9.59 Å². The molecule has 0 spiro atoms. The van der Waals surface area contributed by atoms with Gasteiger partial charge in [0.1, 0.15) is 10.8 Å². The lowest BCUT2D eigenvalue weighted by atomic mass is 10.1. The van der Waals surface area contributed by atoms with Crippen molar-refractivity contribution in [3.8, 4) is 17.2 Å². The smallest absolute Gasteiger partial charge is 0.340 e. The van der Waals surface area contributed by atoms with Crippen molar-refractivity contribution in [2.75, 3.05) is 33.8 Å². The maximum atomic E-state index is 12.9. The molecular weight excluding hydrogens is 370 g/mol. The first-order valence-electron chi connectivity index (χ1n) is 8.19. The summed E-state index contributed by atoms with van der Waals surface area (Å²) in [6, 6.07) is 4.84. The SMILES string of the molecule is COC(=O)c1cc(C(C)C)sc1NC(=O)c1cc(OC)c(OC)cc1OC. The highest BCUT2D eigenvalue weighted by Crippen LogP contribution is 2.37. The highest BCUT2D eigenvalue weighted by molar-refractivity contribution is 7.16. The van der Waals surface area contributed by atoms with Crippen LogP contribution in [-0.4, -0.2) is 40.3 Å². The molecule has 0 bridgehead atoms. The van der Waals surface area contributed by atoms with Gasteiger partial charge < -0.3 is 24.3 Å². The Morgan fingerprint density at radius 3 is 2.00 bits per heavy atom. The number of carbonyl (C=O) groups excluding carboxylic acids is 2. The molecule has 1 N–H and O–H groups in total. The Morgan fingerprint density at radius 1 is 0.889 bits per heavy atom. The summed E-state index contributed by atoms with van der Waals surface area (Å²) in [5.74, 6) is 0.429. The lowest BCUT2D eigenvalue weighted by molar-refractivity contribution is 0.0602. The van der Waals surface area contributed by atoms with Crippen molar-refractivity contribution in [3.05, 3.63) is 34.2 Å². The van der Waals surface area contributed by atoms with E-state index < -0.39 is 11.9 Å². The average Bonchev–Trinajstić information content (AvgIpc) is 3.10. The Kier molecular flexibility index (Phi) is 6.68. The minimum absolute atomic E-state index is 0.208. The van der Waals surface area contributed by atoms with Crippen molar-refractivity contribution in [2.45, 2.75) is 19.8 Å². The Labute approximate surface area is 162 Å². The normalized spacial score (nSPS) is 10.5. The van der Waals surface area contributed by atoms with E-state index in [2.05, 4.69) is 5.32 Å². The first-order chi connectivity index (χ1) is 12.9. The molecule has 0 fully saturated rings. The third-order valence-corrected chi connectivity index (χ3v) is 5.25. The van der Waals surface area contributed by atoms with Crippen LogP contribution in [0.15, 0.2) is 18.2 Å². The molecule has 0 atom stereocenters. The number of esters is 1. The van der Waals surface area contributed by atoms with Gasteiger partial charge >= 0.3 is 5.97 Å². The maximum Gasteiger partial charge on any atom is 0.340 e. The molecule has 1 aromatic heterocycles. The van der Waals surface area contributed by atoms with E-state index in [1.54, 1.807) is 12.1 Å². The highest BCUT2D eigenvalue weighted by Gasteiger charge is 2.23. The van der Waals surface area contributed by atoms with Gasteiger partial charge in [-0.1, -0.05) is 13.8 Å². The molecule has 0 aliphatic rings. The number of hydrogen-bond donors (Lipinski definition) is 1. The summed E-state index contributed by atoms with van der Waals surface area (Å²) in [6.07, 6.45) is 0. The molecule has 1 heterocycles. The van der Waals surface area contributed by atoms with Crippen LogP contribution in [0.25, 0.3) is 0 Å². The van der Waals surface area contributed by atoms with Gasteiger partial charge in [0.15, 0.2) is 11.5 Å². The molecule has 1 amide bonds. The second kappa shape index (κ2) is 8.77. The molecule has 146 valence electrons. The van der Waals surface area contributed by atoms with Gasteiger partial charge in [0.25, 0.3) is 5.91 Å². The number of rotatable bonds is 7. The summed E-state index contributed by atoms with van der Waals surface area (Å²) in [5.41, 5.74) is 0.574. The summed E-state index contributed by atoms with van der Waals surface area (Å²) in [5, 5.41) is 3.21. The number of hydrogen-bond acceptors (Lipinski definition) is 7. The topological polar surface area (TPSA) is 83.1 Å². The molecule has 27 heavy (non-hydrogen) atoms. The van der Waals surface area contributed by atoms with Crippen LogP contribution >= 0.6 is 11.3 Å². The molecule has 2 aromatic rings. The second-order valence-electron chi connectivity index (χ2n) is 5.90. The quantitative estimate of drug-likeness (QED) is 0.718. The van der Waals surface area contributed by atoms with Crippen LogP contribution in [0.4, 0.5) is 5.00 Å². The zero-order valence-electron chi connectivity index (χ0n) is 16.2. The largest absolute Gasteiger partial charge is 0.496 e. The van der Waals surface area contributed by atoms with Gasteiger partial charge in [0, 0.05) is 17.0 Å². The van der Waals surface area contributed by atoms with Crippen LogP contribution in [0.1, 0.15) is 45.4 Å². The highest BCUT2D eigenvalue weighted by atomic mass is 32.1. The molecule has 0 unspecified atom stereocenters. The van der Waals surface area contributed by atoms with Gasteiger partial charge in [-0.25, -0.2) is 4.79 Å². The molecule has 1 aromatic carbocycles. The van der Waals surface area contributed by atoms with E-state index in [0.717, 1.165) is 4.88 Å². The molecule has 0 saturated carbocycles. The van der Waals surface area contributed by atoms with E-state index in [-0.39, 0.29) is 11.5 Å². The first-order valence-corrected chi connectivity index (χ1v) is 9.01. The Morgan fingerprint density at radius 2 is 1.48 bits per heavy atom. The number of anilines is 1. The van der Waals surface area contributed by atoms with Crippen molar-refractivity contribution in [3.63, 3.8) is 0 Å². The summed E-state index contributed by atoms with van der Waals surface area (Å²) in [6.45, 7) is 4.02. The van der Waals surface area contributed by atoms with Gasteiger partial charge in [0.05, 0.1) is 39.6 Å². The van der Waals surface area contributed by atoms with Crippen LogP contribution < -0.4 is 19.5 Å². The van der Waals surface area contributed by atoms with Crippen LogP contribution in [0.5, 0.6) is 17.2 Å². The molecule has 0 aliphatic carbocycles. The first kappa shape index (κ1) is 20.6. The lowest BCUT2D eigenvalue weighted by Crippen LogP contribution is -2.15. The fourth-order valence-corrected chi connectivity index (χ4v) is 3.47. The van der Waals surface area contributed by atoms with E-state index in [1.165, 1.54) is 45.8 Å². The fourth-order valence-electron chi connectivity index (χ4n) is 2.43. The Hall–Kier alpha value is -2.74. The zero-order chi connectivity index (χ0) is 20.1. The fraction of sp³-hybridized carbons (Fsp3) is 0.368. The van der Waals surface area contributed by atoms with Gasteiger partial charge in [0.2, 0.25) is 0 Å². The Bertz CT molecular complexity index is 843. The summed E-state index contributed by atoms with van der Waals surface area (Å²) >= 11 is 1.34. The number of amides is 1. The number of benzene rings is 1. The molecule has 7 nitrogen and oxygen atoms in total. The summed E-state index contributed by atoms with van der Waals surface area (Å²) < 4.78 is 20.6.